The van der Waals surface area contributed by atoms with Gasteiger partial charge in [0.25, 0.3) is 5.91 Å². The normalized spacial score (nSPS) is 16.1. The van der Waals surface area contributed by atoms with Crippen molar-refractivity contribution in [3.8, 4) is 0 Å². The molecule has 1 fully saturated rings. The number of hydrogen-bond donors (Lipinski definition) is 1. The van der Waals surface area contributed by atoms with Gasteiger partial charge >= 0.3 is 12.0 Å². The number of nitrogens with zero attached hydrogens (tertiary/aromatic N) is 3. The molecule has 0 saturated carbocycles. The number of imide groups is 1. The maximum Gasteiger partial charge on any atom is 0.324 e. The number of ether oxygens (including phenoxy) is 1. The summed E-state index contributed by atoms with van der Waals surface area (Å²) in [7, 11) is 0. The van der Waals surface area contributed by atoms with E-state index in [1.165, 1.54) is 5.01 Å². The standard InChI is InChI=1S/C18H20N4O5/c23-15(22-10-8-14(20-22)13-4-2-1-3-5-13)6-7-17(25)27-12-16(24)21-11-9-19-18(21)26/h1-5H,6-12H2,(H,19,26). The van der Waals surface area contributed by atoms with Gasteiger partial charge in [0.05, 0.1) is 18.7 Å². The van der Waals surface area contributed by atoms with Gasteiger partial charge in [-0.1, -0.05) is 30.3 Å². The van der Waals surface area contributed by atoms with Crippen molar-refractivity contribution in [2.75, 3.05) is 26.2 Å². The molecule has 142 valence electrons. The third-order valence-electron chi connectivity index (χ3n) is 4.25. The van der Waals surface area contributed by atoms with Crippen LogP contribution in [0, 0.1) is 0 Å². The fourth-order valence-corrected chi connectivity index (χ4v) is 2.81. The van der Waals surface area contributed by atoms with E-state index in [9.17, 15) is 19.2 Å². The topological polar surface area (TPSA) is 108 Å². The molecule has 0 aliphatic carbocycles. The van der Waals surface area contributed by atoms with Crippen molar-refractivity contribution in [2.24, 2.45) is 5.10 Å². The molecule has 1 N–H and O–H groups in total. The summed E-state index contributed by atoms with van der Waals surface area (Å²) in [6.07, 6.45) is 0.459. The zero-order valence-corrected chi connectivity index (χ0v) is 14.7. The molecule has 0 radical (unpaired) electrons. The van der Waals surface area contributed by atoms with Gasteiger partial charge in [0.15, 0.2) is 6.61 Å². The van der Waals surface area contributed by atoms with E-state index in [1.54, 1.807) is 0 Å². The molecule has 2 heterocycles. The molecule has 1 saturated heterocycles. The summed E-state index contributed by atoms with van der Waals surface area (Å²) in [5.41, 5.74) is 1.80. The number of hydrogen-bond acceptors (Lipinski definition) is 6. The first-order chi connectivity index (χ1) is 13.0. The Balaban J connectivity index is 1.41. The van der Waals surface area contributed by atoms with E-state index in [2.05, 4.69) is 10.4 Å². The van der Waals surface area contributed by atoms with Crippen LogP contribution in [0.15, 0.2) is 35.4 Å². The molecule has 2 aliphatic heterocycles. The zero-order valence-electron chi connectivity index (χ0n) is 14.7. The Kier molecular flexibility index (Phi) is 5.80. The predicted molar refractivity (Wildman–Crippen MR) is 94.6 cm³/mol. The monoisotopic (exact) mass is 372 g/mol. The van der Waals surface area contributed by atoms with Gasteiger partial charge in [-0.3, -0.25) is 19.3 Å². The summed E-state index contributed by atoms with van der Waals surface area (Å²) >= 11 is 0. The van der Waals surface area contributed by atoms with Gasteiger partial charge in [-0.15, -0.1) is 0 Å². The highest BCUT2D eigenvalue weighted by Crippen LogP contribution is 2.15. The minimum absolute atomic E-state index is 0.0528. The van der Waals surface area contributed by atoms with Gasteiger partial charge in [-0.25, -0.2) is 9.80 Å². The zero-order chi connectivity index (χ0) is 19.2. The highest BCUT2D eigenvalue weighted by molar-refractivity contribution is 6.02. The number of amides is 4. The van der Waals surface area contributed by atoms with Crippen LogP contribution in [0.1, 0.15) is 24.8 Å². The summed E-state index contributed by atoms with van der Waals surface area (Å²) in [6, 6.07) is 9.10. The molecule has 0 bridgehead atoms. The first-order valence-corrected chi connectivity index (χ1v) is 8.71. The summed E-state index contributed by atoms with van der Waals surface area (Å²) in [5, 5.41) is 8.16. The average molecular weight is 372 g/mol. The number of nitrogens with one attached hydrogen (secondary N) is 1. The van der Waals surface area contributed by atoms with Crippen LogP contribution in [0.2, 0.25) is 0 Å². The lowest BCUT2D eigenvalue weighted by atomic mass is 10.1. The number of carbonyl (C=O) groups is 4. The van der Waals surface area contributed by atoms with Crippen LogP contribution >= 0.6 is 0 Å². The van der Waals surface area contributed by atoms with Crippen LogP contribution in [-0.4, -0.2) is 65.7 Å². The Hall–Kier alpha value is -3.23. The van der Waals surface area contributed by atoms with E-state index >= 15 is 0 Å². The SMILES string of the molecule is O=C(CCC(=O)N1CCC(c2ccccc2)=N1)OCC(=O)N1CCNC1=O. The molecule has 1 aromatic rings. The molecular formula is C18H20N4O5. The molecule has 3 rings (SSSR count). The number of carbonyl (C=O) groups excluding carboxylic acids is 4. The fourth-order valence-electron chi connectivity index (χ4n) is 2.81. The molecule has 2 aliphatic rings. The van der Waals surface area contributed by atoms with E-state index in [-0.39, 0.29) is 25.3 Å². The lowest BCUT2D eigenvalue weighted by Crippen LogP contribution is -2.37. The van der Waals surface area contributed by atoms with E-state index in [4.69, 9.17) is 4.74 Å². The lowest BCUT2D eigenvalue weighted by molar-refractivity contribution is -0.151. The number of hydrazone groups is 1. The molecule has 0 spiro atoms. The second kappa shape index (κ2) is 8.43. The highest BCUT2D eigenvalue weighted by atomic mass is 16.5. The van der Waals surface area contributed by atoms with Crippen LogP contribution in [0.3, 0.4) is 0 Å². The van der Waals surface area contributed by atoms with Gasteiger partial charge in [-0.05, 0) is 5.56 Å². The minimum atomic E-state index is -0.664. The Morgan fingerprint density at radius 3 is 2.56 bits per heavy atom. The maximum atomic E-state index is 12.2. The number of urea groups is 1. The fraction of sp³-hybridized carbons (Fsp3) is 0.389. The Morgan fingerprint density at radius 1 is 1.07 bits per heavy atom. The number of esters is 1. The van der Waals surface area contributed by atoms with E-state index < -0.39 is 24.5 Å². The second-order valence-electron chi connectivity index (χ2n) is 6.12. The molecule has 9 heteroatoms. The third-order valence-corrected chi connectivity index (χ3v) is 4.25. The van der Waals surface area contributed by atoms with Crippen molar-refractivity contribution in [1.82, 2.24) is 15.2 Å². The van der Waals surface area contributed by atoms with Crippen molar-refractivity contribution in [3.05, 3.63) is 35.9 Å². The predicted octanol–water partition coefficient (Wildman–Crippen LogP) is 0.498. The highest BCUT2D eigenvalue weighted by Gasteiger charge is 2.27. The number of rotatable bonds is 6. The van der Waals surface area contributed by atoms with Crippen LogP contribution in [0.5, 0.6) is 0 Å². The van der Waals surface area contributed by atoms with Crippen LogP contribution < -0.4 is 5.32 Å². The minimum Gasteiger partial charge on any atom is -0.456 e. The molecule has 1 aromatic carbocycles. The Morgan fingerprint density at radius 2 is 1.85 bits per heavy atom. The van der Waals surface area contributed by atoms with Gasteiger partial charge in [0.1, 0.15) is 0 Å². The summed E-state index contributed by atoms with van der Waals surface area (Å²) in [5.74, 6) is -1.52. The lowest BCUT2D eigenvalue weighted by Gasteiger charge is -2.13. The smallest absolute Gasteiger partial charge is 0.324 e. The van der Waals surface area contributed by atoms with Gasteiger partial charge in [-0.2, -0.15) is 5.10 Å². The van der Waals surface area contributed by atoms with Crippen molar-refractivity contribution in [2.45, 2.75) is 19.3 Å². The Bertz CT molecular complexity index is 777. The molecule has 0 unspecified atom stereocenters. The van der Waals surface area contributed by atoms with Crippen LogP contribution in [0.4, 0.5) is 4.79 Å². The second-order valence-corrected chi connectivity index (χ2v) is 6.12. The quantitative estimate of drug-likeness (QED) is 0.732. The van der Waals surface area contributed by atoms with Crippen molar-refractivity contribution >= 4 is 29.5 Å². The van der Waals surface area contributed by atoms with E-state index in [0.717, 1.165) is 16.2 Å². The van der Waals surface area contributed by atoms with Gasteiger partial charge in [0, 0.05) is 25.9 Å². The number of benzene rings is 1. The van der Waals surface area contributed by atoms with Crippen molar-refractivity contribution in [3.63, 3.8) is 0 Å². The van der Waals surface area contributed by atoms with Crippen molar-refractivity contribution in [1.29, 1.82) is 0 Å². The summed E-state index contributed by atoms with van der Waals surface area (Å²) < 4.78 is 4.85. The molecule has 27 heavy (non-hydrogen) atoms. The maximum absolute atomic E-state index is 12.2. The summed E-state index contributed by atoms with van der Waals surface area (Å²) in [4.78, 5) is 48.1. The first-order valence-electron chi connectivity index (χ1n) is 8.71. The average Bonchev–Trinajstić information content (AvgIpc) is 3.34. The van der Waals surface area contributed by atoms with Crippen LogP contribution in [-0.2, 0) is 19.1 Å². The molecule has 9 nitrogen and oxygen atoms in total. The third kappa shape index (κ3) is 4.69. The molecule has 0 atom stereocenters. The Labute approximate surface area is 155 Å². The van der Waals surface area contributed by atoms with Crippen LogP contribution in [0.25, 0.3) is 0 Å². The van der Waals surface area contributed by atoms with Crippen molar-refractivity contribution < 1.29 is 23.9 Å². The van der Waals surface area contributed by atoms with E-state index in [0.29, 0.717) is 19.5 Å². The van der Waals surface area contributed by atoms with E-state index in [1.807, 2.05) is 30.3 Å². The molecular weight excluding hydrogens is 352 g/mol. The molecule has 0 aromatic heterocycles. The summed E-state index contributed by atoms with van der Waals surface area (Å²) in [6.45, 7) is 0.597. The first kappa shape index (κ1) is 18.6. The van der Waals surface area contributed by atoms with Gasteiger partial charge in [0.2, 0.25) is 5.91 Å². The largest absolute Gasteiger partial charge is 0.456 e. The van der Waals surface area contributed by atoms with Gasteiger partial charge < -0.3 is 10.1 Å². The molecule has 4 amide bonds.